The van der Waals surface area contributed by atoms with Crippen LogP contribution in [0.15, 0.2) is 52.4 Å². The predicted molar refractivity (Wildman–Crippen MR) is 113 cm³/mol. The molecule has 2 aromatic carbocycles. The van der Waals surface area contributed by atoms with Crippen molar-refractivity contribution in [3.63, 3.8) is 0 Å². The van der Waals surface area contributed by atoms with Crippen LogP contribution >= 0.6 is 11.8 Å². The number of hydrogen-bond donors (Lipinski definition) is 1. The van der Waals surface area contributed by atoms with Gasteiger partial charge in [-0.2, -0.15) is 0 Å². The summed E-state index contributed by atoms with van der Waals surface area (Å²) < 4.78 is 16.3. The van der Waals surface area contributed by atoms with E-state index >= 15 is 0 Å². The molecule has 0 spiro atoms. The highest BCUT2D eigenvalue weighted by molar-refractivity contribution is 8.18. The lowest BCUT2D eigenvalue weighted by Crippen LogP contribution is -2.19. The van der Waals surface area contributed by atoms with Gasteiger partial charge in [-0.25, -0.2) is 4.99 Å². The van der Waals surface area contributed by atoms with Gasteiger partial charge in [-0.3, -0.25) is 4.79 Å². The summed E-state index contributed by atoms with van der Waals surface area (Å²) in [6.45, 7) is 5.03. The highest BCUT2D eigenvalue weighted by Gasteiger charge is 2.24. The van der Waals surface area contributed by atoms with Gasteiger partial charge in [0.1, 0.15) is 5.75 Å². The summed E-state index contributed by atoms with van der Waals surface area (Å²) in [4.78, 5) is 17.3. The molecule has 1 heterocycles. The van der Waals surface area contributed by atoms with Gasteiger partial charge < -0.3 is 19.5 Å². The molecule has 3 rings (SSSR count). The number of thioether (sulfide) groups is 1. The molecule has 1 aliphatic rings. The highest BCUT2D eigenvalue weighted by Crippen LogP contribution is 2.32. The third kappa shape index (κ3) is 4.86. The quantitative estimate of drug-likeness (QED) is 0.701. The Balaban J connectivity index is 1.76. The van der Waals surface area contributed by atoms with E-state index in [9.17, 15) is 4.79 Å². The van der Waals surface area contributed by atoms with E-state index in [4.69, 9.17) is 14.2 Å². The number of rotatable bonds is 7. The summed E-state index contributed by atoms with van der Waals surface area (Å²) in [5.41, 5.74) is 1.59. The monoisotopic (exact) mass is 398 g/mol. The largest absolute Gasteiger partial charge is 0.494 e. The number of amidine groups is 1. The summed E-state index contributed by atoms with van der Waals surface area (Å²) in [7, 11) is 1.59. The van der Waals surface area contributed by atoms with Crippen LogP contribution in [0.3, 0.4) is 0 Å². The van der Waals surface area contributed by atoms with Crippen LogP contribution in [0.2, 0.25) is 0 Å². The third-order valence-electron chi connectivity index (χ3n) is 3.81. The van der Waals surface area contributed by atoms with E-state index in [-0.39, 0.29) is 5.91 Å². The molecule has 146 valence electrons. The summed E-state index contributed by atoms with van der Waals surface area (Å²) in [6, 6.07) is 13.0. The van der Waals surface area contributed by atoms with Crippen LogP contribution in [0.25, 0.3) is 6.08 Å². The van der Waals surface area contributed by atoms with Crippen LogP contribution in [0, 0.1) is 0 Å². The molecule has 0 bridgehead atoms. The van der Waals surface area contributed by atoms with E-state index in [1.54, 1.807) is 13.2 Å². The van der Waals surface area contributed by atoms with Crippen LogP contribution in [-0.2, 0) is 4.79 Å². The smallest absolute Gasteiger partial charge is 0.264 e. The molecule has 0 aliphatic carbocycles. The Labute approximate surface area is 168 Å². The van der Waals surface area contributed by atoms with Crippen molar-refractivity contribution in [2.75, 3.05) is 20.3 Å². The Morgan fingerprint density at radius 1 is 1.04 bits per heavy atom. The Morgan fingerprint density at radius 3 is 2.46 bits per heavy atom. The number of methoxy groups -OCH3 is 1. The first-order valence-corrected chi connectivity index (χ1v) is 9.78. The third-order valence-corrected chi connectivity index (χ3v) is 4.72. The lowest BCUT2D eigenvalue weighted by molar-refractivity contribution is -0.115. The van der Waals surface area contributed by atoms with E-state index < -0.39 is 0 Å². The molecule has 7 heteroatoms. The van der Waals surface area contributed by atoms with Gasteiger partial charge >= 0.3 is 0 Å². The van der Waals surface area contributed by atoms with Crippen LogP contribution in [-0.4, -0.2) is 31.4 Å². The zero-order valence-corrected chi connectivity index (χ0v) is 16.8. The van der Waals surface area contributed by atoms with Crippen molar-refractivity contribution in [2.24, 2.45) is 4.99 Å². The molecule has 0 atom stereocenters. The van der Waals surface area contributed by atoms with Crippen LogP contribution in [0.1, 0.15) is 19.4 Å². The van der Waals surface area contributed by atoms with Gasteiger partial charge in [0.15, 0.2) is 16.7 Å². The number of carbonyl (C=O) groups excluding carboxylic acids is 1. The molecule has 1 saturated heterocycles. The minimum absolute atomic E-state index is 0.178. The second-order valence-corrected chi connectivity index (χ2v) is 6.78. The number of hydrogen-bond acceptors (Lipinski definition) is 6. The molecule has 0 aromatic heterocycles. The van der Waals surface area contributed by atoms with Crippen molar-refractivity contribution >= 4 is 34.6 Å². The number of benzene rings is 2. The van der Waals surface area contributed by atoms with Gasteiger partial charge in [0, 0.05) is 0 Å². The fourth-order valence-corrected chi connectivity index (χ4v) is 3.42. The van der Waals surface area contributed by atoms with Crippen LogP contribution in [0.5, 0.6) is 17.2 Å². The number of ether oxygens (including phenoxy) is 3. The molecular formula is C21H22N2O4S. The molecule has 1 fully saturated rings. The van der Waals surface area contributed by atoms with Crippen molar-refractivity contribution in [2.45, 2.75) is 13.8 Å². The first-order chi connectivity index (χ1) is 13.6. The predicted octanol–water partition coefficient (Wildman–Crippen LogP) is 4.38. The zero-order valence-electron chi connectivity index (χ0n) is 16.0. The lowest BCUT2D eigenvalue weighted by Gasteiger charge is -2.09. The SMILES string of the molecule is CCOc1ccc(N=C2NC(=O)/C(=C\c3ccc(OCC)c(OC)c3)S2)cc1. The van der Waals surface area contributed by atoms with Crippen molar-refractivity contribution in [3.8, 4) is 17.2 Å². The normalized spacial score (nSPS) is 16.3. The maximum Gasteiger partial charge on any atom is 0.264 e. The second-order valence-electron chi connectivity index (χ2n) is 5.75. The van der Waals surface area contributed by atoms with Crippen molar-refractivity contribution in [1.82, 2.24) is 5.32 Å². The summed E-state index contributed by atoms with van der Waals surface area (Å²) in [5, 5.41) is 3.33. The molecule has 0 saturated carbocycles. The lowest BCUT2D eigenvalue weighted by atomic mass is 10.2. The summed E-state index contributed by atoms with van der Waals surface area (Å²) >= 11 is 1.30. The second kappa shape index (κ2) is 9.32. The molecule has 28 heavy (non-hydrogen) atoms. The average Bonchev–Trinajstić information content (AvgIpc) is 3.03. The molecule has 1 N–H and O–H groups in total. The zero-order chi connectivity index (χ0) is 19.9. The minimum Gasteiger partial charge on any atom is -0.494 e. The number of aliphatic imine (C=N–C) groups is 1. The molecular weight excluding hydrogens is 376 g/mol. The Kier molecular flexibility index (Phi) is 6.60. The van der Waals surface area contributed by atoms with Crippen LogP contribution in [0.4, 0.5) is 5.69 Å². The maximum absolute atomic E-state index is 12.3. The first-order valence-electron chi connectivity index (χ1n) is 8.96. The molecule has 6 nitrogen and oxygen atoms in total. The van der Waals surface area contributed by atoms with E-state index in [0.717, 1.165) is 17.0 Å². The van der Waals surface area contributed by atoms with Gasteiger partial charge in [-0.05, 0) is 73.6 Å². The molecule has 0 unspecified atom stereocenters. The number of amides is 1. The molecule has 1 amide bonds. The number of nitrogens with zero attached hydrogens (tertiary/aromatic N) is 1. The number of carbonyl (C=O) groups is 1. The van der Waals surface area contributed by atoms with Crippen molar-refractivity contribution in [1.29, 1.82) is 0 Å². The van der Waals surface area contributed by atoms with E-state index in [2.05, 4.69) is 10.3 Å². The van der Waals surface area contributed by atoms with Crippen LogP contribution < -0.4 is 19.5 Å². The summed E-state index contributed by atoms with van der Waals surface area (Å²) in [6.07, 6.45) is 1.80. The Morgan fingerprint density at radius 2 is 1.79 bits per heavy atom. The maximum atomic E-state index is 12.3. The number of nitrogens with one attached hydrogen (secondary N) is 1. The Hall–Kier alpha value is -2.93. The van der Waals surface area contributed by atoms with E-state index in [1.807, 2.05) is 56.3 Å². The molecule has 0 radical (unpaired) electrons. The first kappa shape index (κ1) is 19.8. The van der Waals surface area contributed by atoms with Gasteiger partial charge in [0.2, 0.25) is 0 Å². The van der Waals surface area contributed by atoms with Gasteiger partial charge in [0.05, 0.1) is 30.9 Å². The van der Waals surface area contributed by atoms with Gasteiger partial charge in [-0.15, -0.1) is 0 Å². The highest BCUT2D eigenvalue weighted by atomic mass is 32.2. The minimum atomic E-state index is -0.178. The standard InChI is InChI=1S/C21H22N2O4S/c1-4-26-16-9-7-15(8-10-16)22-21-23-20(24)19(28-21)13-14-6-11-17(27-5-2)18(12-14)25-3/h6-13H,4-5H2,1-3H3,(H,22,23,24)/b19-13+. The Bertz CT molecular complexity index is 907. The average molecular weight is 398 g/mol. The molecule has 1 aliphatic heterocycles. The summed E-state index contributed by atoms with van der Waals surface area (Å²) in [5.74, 6) is 1.92. The van der Waals surface area contributed by atoms with E-state index in [0.29, 0.717) is 34.8 Å². The van der Waals surface area contributed by atoms with Gasteiger partial charge in [0.25, 0.3) is 5.91 Å². The fourth-order valence-electron chi connectivity index (χ4n) is 2.58. The van der Waals surface area contributed by atoms with E-state index in [1.165, 1.54) is 11.8 Å². The van der Waals surface area contributed by atoms with Gasteiger partial charge in [-0.1, -0.05) is 6.07 Å². The topological polar surface area (TPSA) is 69.2 Å². The van der Waals surface area contributed by atoms with Crippen molar-refractivity contribution in [3.05, 3.63) is 52.9 Å². The fraction of sp³-hybridized carbons (Fsp3) is 0.238. The molecule has 2 aromatic rings. The van der Waals surface area contributed by atoms with Crippen molar-refractivity contribution < 1.29 is 19.0 Å².